The van der Waals surface area contributed by atoms with Crippen molar-refractivity contribution in [3.63, 3.8) is 0 Å². The van der Waals surface area contributed by atoms with Crippen molar-refractivity contribution in [3.05, 3.63) is 27.8 Å². The van der Waals surface area contributed by atoms with Crippen molar-refractivity contribution in [2.75, 3.05) is 38.0 Å². The van der Waals surface area contributed by atoms with Crippen LogP contribution in [0.3, 0.4) is 0 Å². The summed E-state index contributed by atoms with van der Waals surface area (Å²) < 4.78 is 1.06. The monoisotopic (exact) mass is 403 g/mol. The average molecular weight is 403 g/mol. The Kier molecular flexibility index (Phi) is 5.80. The van der Waals surface area contributed by atoms with Crippen molar-refractivity contribution in [2.45, 2.75) is 6.42 Å². The van der Waals surface area contributed by atoms with E-state index >= 15 is 0 Å². The summed E-state index contributed by atoms with van der Waals surface area (Å²) >= 11 is 2.20. The highest BCUT2D eigenvalue weighted by Crippen LogP contribution is 2.13. The molecule has 0 aromatic heterocycles. The number of benzene rings is 1. The fraction of sp³-hybridized carbons (Fsp3) is 0.429. The molecule has 0 unspecified atom stereocenters. The van der Waals surface area contributed by atoms with Crippen LogP contribution in [0.25, 0.3) is 0 Å². The molecule has 1 aliphatic heterocycles. The lowest BCUT2D eigenvalue weighted by Gasteiger charge is -2.21. The van der Waals surface area contributed by atoms with E-state index in [1.807, 2.05) is 29.2 Å². The quantitative estimate of drug-likeness (QED) is 0.757. The number of urea groups is 1. The topological polar surface area (TPSA) is 72.9 Å². The number of nitrogens with one attached hydrogen (secondary N) is 1. The number of hydrogen-bond donors (Lipinski definition) is 2. The van der Waals surface area contributed by atoms with Gasteiger partial charge in [0, 0.05) is 35.4 Å². The summed E-state index contributed by atoms with van der Waals surface area (Å²) in [7, 11) is 0. The summed E-state index contributed by atoms with van der Waals surface area (Å²) in [6, 6.07) is 7.50. The van der Waals surface area contributed by atoms with E-state index in [-0.39, 0.29) is 12.6 Å². The zero-order chi connectivity index (χ0) is 15.2. The molecule has 2 amide bonds. The smallest absolute Gasteiger partial charge is 0.321 e. The maximum atomic E-state index is 12.2. The van der Waals surface area contributed by atoms with Crippen molar-refractivity contribution in [2.24, 2.45) is 0 Å². The number of carboxylic acids is 1. The number of amides is 2. The third kappa shape index (κ3) is 5.16. The van der Waals surface area contributed by atoms with Crippen LogP contribution in [0.1, 0.15) is 6.42 Å². The lowest BCUT2D eigenvalue weighted by atomic mass is 10.3. The minimum Gasteiger partial charge on any atom is -0.480 e. The number of nitrogens with zero attached hydrogens (tertiary/aromatic N) is 2. The fourth-order valence-electron chi connectivity index (χ4n) is 2.29. The summed E-state index contributed by atoms with van der Waals surface area (Å²) in [5, 5.41) is 11.7. The van der Waals surface area contributed by atoms with Gasteiger partial charge < -0.3 is 15.3 Å². The first-order valence-electron chi connectivity index (χ1n) is 6.80. The van der Waals surface area contributed by atoms with Crippen LogP contribution in [0.5, 0.6) is 0 Å². The van der Waals surface area contributed by atoms with E-state index in [4.69, 9.17) is 5.11 Å². The molecule has 1 heterocycles. The molecule has 0 spiro atoms. The Morgan fingerprint density at radius 1 is 1.24 bits per heavy atom. The number of anilines is 1. The number of carbonyl (C=O) groups excluding carboxylic acids is 1. The van der Waals surface area contributed by atoms with Gasteiger partial charge in [0.05, 0.1) is 6.54 Å². The second kappa shape index (κ2) is 7.60. The molecule has 1 aliphatic rings. The first-order valence-corrected chi connectivity index (χ1v) is 7.88. The van der Waals surface area contributed by atoms with Gasteiger partial charge in [-0.25, -0.2) is 4.79 Å². The van der Waals surface area contributed by atoms with Crippen LogP contribution in [-0.4, -0.2) is 59.6 Å². The number of aliphatic carboxylic acids is 1. The van der Waals surface area contributed by atoms with Gasteiger partial charge in [-0.3, -0.25) is 9.69 Å². The van der Waals surface area contributed by atoms with Crippen LogP contribution in [0, 0.1) is 3.57 Å². The van der Waals surface area contributed by atoms with Gasteiger partial charge in [-0.05, 0) is 47.2 Å². The van der Waals surface area contributed by atoms with Crippen molar-refractivity contribution in [1.29, 1.82) is 0 Å². The van der Waals surface area contributed by atoms with Gasteiger partial charge in [0.25, 0.3) is 0 Å². The minimum atomic E-state index is -0.827. The Labute approximate surface area is 137 Å². The molecule has 0 aliphatic carbocycles. The zero-order valence-electron chi connectivity index (χ0n) is 11.6. The van der Waals surface area contributed by atoms with Crippen LogP contribution in [0.2, 0.25) is 0 Å². The highest BCUT2D eigenvalue weighted by molar-refractivity contribution is 14.1. The number of carboxylic acid groups (broad SMARTS) is 1. The van der Waals surface area contributed by atoms with E-state index in [1.165, 1.54) is 0 Å². The predicted molar refractivity (Wildman–Crippen MR) is 88.4 cm³/mol. The number of hydrogen-bond acceptors (Lipinski definition) is 3. The molecule has 6 nitrogen and oxygen atoms in total. The molecule has 2 N–H and O–H groups in total. The predicted octanol–water partition coefficient (Wildman–Crippen LogP) is 1.92. The van der Waals surface area contributed by atoms with Gasteiger partial charge in [0.2, 0.25) is 0 Å². The second-order valence-corrected chi connectivity index (χ2v) is 6.20. The lowest BCUT2D eigenvalue weighted by Crippen LogP contribution is -2.38. The third-order valence-electron chi connectivity index (χ3n) is 3.31. The number of rotatable bonds is 3. The molecular formula is C14H18IN3O3. The Morgan fingerprint density at radius 3 is 2.76 bits per heavy atom. The number of carbonyl (C=O) groups is 2. The summed E-state index contributed by atoms with van der Waals surface area (Å²) in [5.74, 6) is -0.827. The molecule has 114 valence electrons. The van der Waals surface area contributed by atoms with Gasteiger partial charge in [0.15, 0.2) is 0 Å². The second-order valence-electron chi connectivity index (χ2n) is 4.95. The van der Waals surface area contributed by atoms with Crippen LogP contribution in [0.4, 0.5) is 10.5 Å². The first kappa shape index (κ1) is 16.0. The molecule has 2 rings (SSSR count). The minimum absolute atomic E-state index is 0.0341. The van der Waals surface area contributed by atoms with Crippen molar-refractivity contribution >= 4 is 40.3 Å². The highest BCUT2D eigenvalue weighted by Gasteiger charge is 2.20. The van der Waals surface area contributed by atoms with Crippen LogP contribution >= 0.6 is 22.6 Å². The zero-order valence-corrected chi connectivity index (χ0v) is 13.7. The Morgan fingerprint density at radius 2 is 2.05 bits per heavy atom. The maximum Gasteiger partial charge on any atom is 0.321 e. The van der Waals surface area contributed by atoms with E-state index in [0.29, 0.717) is 26.2 Å². The van der Waals surface area contributed by atoms with E-state index < -0.39 is 5.97 Å². The molecule has 1 saturated heterocycles. The van der Waals surface area contributed by atoms with Gasteiger partial charge in [0.1, 0.15) is 0 Å². The Bertz CT molecular complexity index is 524. The van der Waals surface area contributed by atoms with Crippen LogP contribution < -0.4 is 5.32 Å². The number of halogens is 1. The highest BCUT2D eigenvalue weighted by atomic mass is 127. The molecule has 0 saturated carbocycles. The average Bonchev–Trinajstić information content (AvgIpc) is 2.63. The molecule has 1 aromatic carbocycles. The lowest BCUT2D eigenvalue weighted by molar-refractivity contribution is -0.138. The molecule has 7 heteroatoms. The van der Waals surface area contributed by atoms with Crippen molar-refractivity contribution < 1.29 is 14.7 Å². The van der Waals surface area contributed by atoms with Crippen molar-refractivity contribution in [1.82, 2.24) is 9.80 Å². The summed E-state index contributed by atoms with van der Waals surface area (Å²) in [4.78, 5) is 26.6. The molecule has 0 atom stereocenters. The first-order chi connectivity index (χ1) is 10.0. The maximum absolute atomic E-state index is 12.2. The Balaban J connectivity index is 1.89. The van der Waals surface area contributed by atoms with E-state index in [1.54, 1.807) is 4.90 Å². The fourth-order valence-corrected chi connectivity index (χ4v) is 2.84. The van der Waals surface area contributed by atoms with Gasteiger partial charge in [-0.15, -0.1) is 0 Å². The van der Waals surface area contributed by atoms with E-state index in [2.05, 4.69) is 27.9 Å². The SMILES string of the molecule is O=C(O)CN1CCCN(C(=O)Nc2cccc(I)c2)CC1. The Hall–Kier alpha value is -1.35. The third-order valence-corrected chi connectivity index (χ3v) is 3.98. The van der Waals surface area contributed by atoms with E-state index in [9.17, 15) is 9.59 Å². The molecule has 1 fully saturated rings. The molecule has 21 heavy (non-hydrogen) atoms. The molecule has 0 radical (unpaired) electrons. The van der Waals surface area contributed by atoms with Gasteiger partial charge in [-0.2, -0.15) is 0 Å². The summed E-state index contributed by atoms with van der Waals surface area (Å²) in [5.41, 5.74) is 0.776. The van der Waals surface area contributed by atoms with Crippen molar-refractivity contribution in [3.8, 4) is 0 Å². The van der Waals surface area contributed by atoms with Gasteiger partial charge >= 0.3 is 12.0 Å². The van der Waals surface area contributed by atoms with Crippen LogP contribution in [0.15, 0.2) is 24.3 Å². The molecule has 0 bridgehead atoms. The standard InChI is InChI=1S/C14H18IN3O3/c15-11-3-1-4-12(9-11)16-14(21)18-6-2-5-17(7-8-18)10-13(19)20/h1,3-4,9H,2,5-8,10H2,(H,16,21)(H,19,20). The molecule has 1 aromatic rings. The van der Waals surface area contributed by atoms with Crippen LogP contribution in [-0.2, 0) is 4.79 Å². The van der Waals surface area contributed by atoms with E-state index in [0.717, 1.165) is 15.7 Å². The largest absolute Gasteiger partial charge is 0.480 e. The molecular weight excluding hydrogens is 385 g/mol. The normalized spacial score (nSPS) is 16.3. The summed E-state index contributed by atoms with van der Waals surface area (Å²) in [6.45, 7) is 2.52. The summed E-state index contributed by atoms with van der Waals surface area (Å²) in [6.07, 6.45) is 0.785. The van der Waals surface area contributed by atoms with Gasteiger partial charge in [-0.1, -0.05) is 6.07 Å².